The van der Waals surface area contributed by atoms with Gasteiger partial charge in [0.05, 0.1) is 11.7 Å². The van der Waals surface area contributed by atoms with Gasteiger partial charge in [-0.05, 0) is 37.6 Å². The number of carboxylic acid groups (broad SMARTS) is 1. The van der Waals surface area contributed by atoms with Crippen LogP contribution in [0.15, 0.2) is 54.6 Å². The Labute approximate surface area is 153 Å². The molecule has 138 valence electrons. The summed E-state index contributed by atoms with van der Waals surface area (Å²) in [5.74, 6) is -0.104. The van der Waals surface area contributed by atoms with Crippen LogP contribution in [0.25, 0.3) is 0 Å². The Bertz CT molecular complexity index is 734. The maximum absolute atomic E-state index is 12.5. The fraction of sp³-hybridized carbons (Fsp3) is 0.300. The number of amides is 1. The van der Waals surface area contributed by atoms with Gasteiger partial charge in [-0.1, -0.05) is 43.7 Å². The molecule has 0 fully saturated rings. The van der Waals surface area contributed by atoms with Crippen molar-refractivity contribution >= 4 is 17.6 Å². The van der Waals surface area contributed by atoms with E-state index in [0.717, 1.165) is 0 Å². The van der Waals surface area contributed by atoms with Crippen molar-refractivity contribution in [2.45, 2.75) is 38.8 Å². The van der Waals surface area contributed by atoms with E-state index in [2.05, 4.69) is 10.6 Å². The minimum atomic E-state index is -0.959. The van der Waals surface area contributed by atoms with Gasteiger partial charge in [0.15, 0.2) is 5.75 Å². The van der Waals surface area contributed by atoms with E-state index < -0.39 is 18.1 Å². The van der Waals surface area contributed by atoms with Gasteiger partial charge in [-0.2, -0.15) is 0 Å². The number of carboxylic acids is 1. The maximum Gasteiger partial charge on any atom is 0.320 e. The lowest BCUT2D eigenvalue weighted by Gasteiger charge is -2.20. The Morgan fingerprint density at radius 2 is 1.73 bits per heavy atom. The van der Waals surface area contributed by atoms with Crippen molar-refractivity contribution in [2.75, 3.05) is 5.32 Å². The second-order valence-corrected chi connectivity index (χ2v) is 5.97. The molecule has 0 aliphatic carbocycles. The molecule has 0 bridgehead atoms. The largest absolute Gasteiger partial charge is 0.480 e. The Morgan fingerprint density at radius 3 is 2.38 bits per heavy atom. The molecule has 6 heteroatoms. The first-order valence-corrected chi connectivity index (χ1v) is 8.63. The van der Waals surface area contributed by atoms with Crippen molar-refractivity contribution in [1.82, 2.24) is 5.32 Å². The highest BCUT2D eigenvalue weighted by molar-refractivity contribution is 5.96. The Kier molecular flexibility index (Phi) is 7.17. The molecule has 1 amide bonds. The van der Waals surface area contributed by atoms with Crippen LogP contribution < -0.4 is 15.4 Å². The molecule has 0 aliphatic rings. The van der Waals surface area contributed by atoms with E-state index in [-0.39, 0.29) is 5.91 Å². The highest BCUT2D eigenvalue weighted by atomic mass is 16.5. The number of carbonyl (C=O) groups excluding carboxylic acids is 1. The lowest BCUT2D eigenvalue weighted by molar-refractivity contribution is -0.140. The molecule has 0 saturated heterocycles. The molecule has 26 heavy (non-hydrogen) atoms. The van der Waals surface area contributed by atoms with E-state index in [0.29, 0.717) is 30.0 Å². The monoisotopic (exact) mass is 356 g/mol. The van der Waals surface area contributed by atoms with Crippen LogP contribution in [0.3, 0.4) is 0 Å². The number of nitrogens with one attached hydrogen (secondary N) is 2. The van der Waals surface area contributed by atoms with Crippen LogP contribution in [0.1, 0.15) is 26.7 Å². The molecule has 3 N–H and O–H groups in total. The summed E-state index contributed by atoms with van der Waals surface area (Å²) in [4.78, 5) is 23.7. The van der Waals surface area contributed by atoms with Crippen LogP contribution in [0, 0.1) is 0 Å². The van der Waals surface area contributed by atoms with E-state index in [1.807, 2.05) is 43.3 Å². The average molecular weight is 356 g/mol. The standard InChI is InChI=1S/C20H24N2O4/c1-3-9-17(20(24)25)21-14(2)19(23)22-16-12-7-8-13-18(16)26-15-10-5-4-6-11-15/h4-8,10-14,17,21H,3,9H2,1-2H3,(H,22,23)(H,24,25). The lowest BCUT2D eigenvalue weighted by atomic mass is 10.1. The zero-order chi connectivity index (χ0) is 18.9. The van der Waals surface area contributed by atoms with E-state index in [1.54, 1.807) is 25.1 Å². The highest BCUT2D eigenvalue weighted by Gasteiger charge is 2.23. The smallest absolute Gasteiger partial charge is 0.320 e. The van der Waals surface area contributed by atoms with Crippen LogP contribution in [0.2, 0.25) is 0 Å². The zero-order valence-electron chi connectivity index (χ0n) is 14.9. The van der Waals surface area contributed by atoms with Crippen molar-refractivity contribution in [3.8, 4) is 11.5 Å². The van der Waals surface area contributed by atoms with Gasteiger partial charge < -0.3 is 15.2 Å². The third-order valence-electron chi connectivity index (χ3n) is 3.84. The Balaban J connectivity index is 2.05. The summed E-state index contributed by atoms with van der Waals surface area (Å²) in [6.45, 7) is 3.54. The van der Waals surface area contributed by atoms with Crippen molar-refractivity contribution < 1.29 is 19.4 Å². The van der Waals surface area contributed by atoms with Crippen LogP contribution in [-0.2, 0) is 9.59 Å². The van der Waals surface area contributed by atoms with E-state index >= 15 is 0 Å². The predicted molar refractivity (Wildman–Crippen MR) is 101 cm³/mol. The Hall–Kier alpha value is -2.86. The summed E-state index contributed by atoms with van der Waals surface area (Å²) >= 11 is 0. The van der Waals surface area contributed by atoms with Gasteiger partial charge in [0.1, 0.15) is 11.8 Å². The first-order chi connectivity index (χ1) is 12.5. The first-order valence-electron chi connectivity index (χ1n) is 8.63. The molecular formula is C20H24N2O4. The number of para-hydroxylation sites is 3. The number of anilines is 1. The van der Waals surface area contributed by atoms with Crippen LogP contribution >= 0.6 is 0 Å². The SMILES string of the molecule is CCCC(NC(C)C(=O)Nc1ccccc1Oc1ccccc1)C(=O)O. The third kappa shape index (κ3) is 5.60. The molecule has 2 aromatic carbocycles. The molecule has 0 saturated carbocycles. The van der Waals surface area contributed by atoms with E-state index in [1.165, 1.54) is 0 Å². The quantitative estimate of drug-likeness (QED) is 0.638. The summed E-state index contributed by atoms with van der Waals surface area (Å²) < 4.78 is 5.82. The van der Waals surface area contributed by atoms with Gasteiger partial charge in [-0.3, -0.25) is 14.9 Å². The molecule has 2 aromatic rings. The van der Waals surface area contributed by atoms with Gasteiger partial charge in [0, 0.05) is 0 Å². The normalized spacial score (nSPS) is 12.8. The van der Waals surface area contributed by atoms with Gasteiger partial charge in [-0.15, -0.1) is 0 Å². The second kappa shape index (κ2) is 9.58. The summed E-state index contributed by atoms with van der Waals surface area (Å²) in [6, 6.07) is 15.0. The van der Waals surface area contributed by atoms with Crippen LogP contribution in [0.4, 0.5) is 5.69 Å². The van der Waals surface area contributed by atoms with Crippen LogP contribution in [-0.4, -0.2) is 29.1 Å². The topological polar surface area (TPSA) is 87.7 Å². The molecule has 6 nitrogen and oxygen atoms in total. The molecule has 0 radical (unpaired) electrons. The molecular weight excluding hydrogens is 332 g/mol. The summed E-state index contributed by atoms with van der Waals surface area (Å²) in [7, 11) is 0. The van der Waals surface area contributed by atoms with Crippen molar-refractivity contribution in [1.29, 1.82) is 0 Å². The molecule has 0 aliphatic heterocycles. The predicted octanol–water partition coefficient (Wildman–Crippen LogP) is 3.65. The van der Waals surface area contributed by atoms with Gasteiger partial charge in [0.2, 0.25) is 5.91 Å². The number of carbonyl (C=O) groups is 2. The highest BCUT2D eigenvalue weighted by Crippen LogP contribution is 2.29. The van der Waals surface area contributed by atoms with Crippen LogP contribution in [0.5, 0.6) is 11.5 Å². The fourth-order valence-electron chi connectivity index (χ4n) is 2.46. The molecule has 0 aromatic heterocycles. The number of rotatable bonds is 9. The minimum absolute atomic E-state index is 0.323. The minimum Gasteiger partial charge on any atom is -0.480 e. The average Bonchev–Trinajstić information content (AvgIpc) is 2.63. The van der Waals surface area contributed by atoms with Crippen molar-refractivity contribution in [3.05, 3.63) is 54.6 Å². The summed E-state index contributed by atoms with van der Waals surface area (Å²) in [5.41, 5.74) is 0.525. The molecule has 0 spiro atoms. The summed E-state index contributed by atoms with van der Waals surface area (Å²) in [5, 5.41) is 14.9. The number of benzene rings is 2. The molecule has 0 heterocycles. The zero-order valence-corrected chi connectivity index (χ0v) is 14.9. The van der Waals surface area contributed by atoms with Crippen molar-refractivity contribution in [2.24, 2.45) is 0 Å². The second-order valence-electron chi connectivity index (χ2n) is 5.97. The first kappa shape index (κ1) is 19.5. The summed E-state index contributed by atoms with van der Waals surface area (Å²) in [6.07, 6.45) is 1.17. The van der Waals surface area contributed by atoms with Gasteiger partial charge >= 0.3 is 5.97 Å². The molecule has 2 unspecified atom stereocenters. The number of hydrogen-bond acceptors (Lipinski definition) is 4. The van der Waals surface area contributed by atoms with Gasteiger partial charge in [0.25, 0.3) is 0 Å². The molecule has 2 atom stereocenters. The van der Waals surface area contributed by atoms with Gasteiger partial charge in [-0.25, -0.2) is 0 Å². The third-order valence-corrected chi connectivity index (χ3v) is 3.84. The molecule has 2 rings (SSSR count). The van der Waals surface area contributed by atoms with E-state index in [4.69, 9.17) is 4.74 Å². The van der Waals surface area contributed by atoms with E-state index in [9.17, 15) is 14.7 Å². The lowest BCUT2D eigenvalue weighted by Crippen LogP contribution is -2.47. The number of aliphatic carboxylic acids is 1. The fourth-order valence-corrected chi connectivity index (χ4v) is 2.46. The van der Waals surface area contributed by atoms with Crippen molar-refractivity contribution in [3.63, 3.8) is 0 Å². The number of ether oxygens (including phenoxy) is 1. The maximum atomic E-state index is 12.5. The Morgan fingerprint density at radius 1 is 1.08 bits per heavy atom. The number of hydrogen-bond donors (Lipinski definition) is 3.